The van der Waals surface area contributed by atoms with Crippen LogP contribution in [0.1, 0.15) is 38.2 Å². The molecule has 29 heavy (non-hydrogen) atoms. The molecule has 1 N–H and O–H groups in total. The third-order valence-electron chi connectivity index (χ3n) is 3.55. The average Bonchev–Trinajstić information content (AvgIpc) is 3.11. The quantitative estimate of drug-likeness (QED) is 0.746. The molecule has 0 saturated carbocycles. The van der Waals surface area contributed by atoms with Crippen LogP contribution in [0.4, 0.5) is 10.5 Å². The van der Waals surface area contributed by atoms with Crippen molar-refractivity contribution in [3.8, 4) is 5.69 Å². The SMILES string of the molecule is CCOC(=O)c1ccn(-c2cccc(NC(=O)CN(C)C(=O)OC(C)(C)C)c2)n1. The second-order valence-electron chi connectivity index (χ2n) is 7.30. The number of carbonyl (C=O) groups is 3. The summed E-state index contributed by atoms with van der Waals surface area (Å²) < 4.78 is 11.7. The Hall–Kier alpha value is -3.36. The van der Waals surface area contributed by atoms with Gasteiger partial charge in [-0.1, -0.05) is 6.07 Å². The number of ether oxygens (including phenoxy) is 2. The molecule has 1 aromatic carbocycles. The second kappa shape index (κ2) is 9.22. The van der Waals surface area contributed by atoms with Gasteiger partial charge < -0.3 is 19.7 Å². The molecule has 0 radical (unpaired) electrons. The van der Waals surface area contributed by atoms with Crippen LogP contribution >= 0.6 is 0 Å². The van der Waals surface area contributed by atoms with E-state index >= 15 is 0 Å². The molecule has 0 saturated heterocycles. The molecule has 9 heteroatoms. The van der Waals surface area contributed by atoms with Crippen molar-refractivity contribution in [3.05, 3.63) is 42.2 Å². The Morgan fingerprint density at radius 3 is 2.59 bits per heavy atom. The van der Waals surface area contributed by atoms with E-state index in [9.17, 15) is 14.4 Å². The van der Waals surface area contributed by atoms with Gasteiger partial charge in [-0.2, -0.15) is 5.10 Å². The van der Waals surface area contributed by atoms with Crippen LogP contribution in [0.3, 0.4) is 0 Å². The van der Waals surface area contributed by atoms with Crippen LogP contribution in [0.5, 0.6) is 0 Å². The summed E-state index contributed by atoms with van der Waals surface area (Å²) in [5.74, 6) is -0.871. The highest BCUT2D eigenvalue weighted by molar-refractivity contribution is 5.94. The Kier molecular flexibility index (Phi) is 6.98. The first-order valence-corrected chi connectivity index (χ1v) is 9.16. The van der Waals surface area contributed by atoms with Crippen LogP contribution in [-0.2, 0) is 14.3 Å². The highest BCUT2D eigenvalue weighted by atomic mass is 16.6. The van der Waals surface area contributed by atoms with E-state index < -0.39 is 17.7 Å². The molecule has 1 heterocycles. The van der Waals surface area contributed by atoms with Crippen molar-refractivity contribution in [3.63, 3.8) is 0 Å². The number of hydrogen-bond acceptors (Lipinski definition) is 6. The fourth-order valence-electron chi connectivity index (χ4n) is 2.33. The third kappa shape index (κ3) is 6.63. The minimum absolute atomic E-state index is 0.159. The molecule has 0 spiro atoms. The van der Waals surface area contributed by atoms with E-state index in [1.54, 1.807) is 64.2 Å². The van der Waals surface area contributed by atoms with Gasteiger partial charge in [0.2, 0.25) is 5.91 Å². The summed E-state index contributed by atoms with van der Waals surface area (Å²) in [6.07, 6.45) is 1.05. The number of hydrogen-bond donors (Lipinski definition) is 1. The zero-order chi connectivity index (χ0) is 21.6. The molecule has 9 nitrogen and oxygen atoms in total. The van der Waals surface area contributed by atoms with Crippen LogP contribution < -0.4 is 5.32 Å². The second-order valence-corrected chi connectivity index (χ2v) is 7.30. The van der Waals surface area contributed by atoms with E-state index in [0.29, 0.717) is 11.4 Å². The number of nitrogens with zero attached hydrogens (tertiary/aromatic N) is 3. The topological polar surface area (TPSA) is 103 Å². The first kappa shape index (κ1) is 21.9. The van der Waals surface area contributed by atoms with E-state index in [4.69, 9.17) is 9.47 Å². The number of anilines is 1. The van der Waals surface area contributed by atoms with Gasteiger partial charge in [0, 0.05) is 18.9 Å². The number of rotatable bonds is 6. The summed E-state index contributed by atoms with van der Waals surface area (Å²) in [6.45, 7) is 7.10. The molecule has 1 aromatic heterocycles. The monoisotopic (exact) mass is 402 g/mol. The molecule has 0 atom stereocenters. The van der Waals surface area contributed by atoms with Crippen LogP contribution in [-0.4, -0.2) is 58.5 Å². The molecule has 0 bridgehead atoms. The highest BCUT2D eigenvalue weighted by Crippen LogP contribution is 2.15. The lowest BCUT2D eigenvalue weighted by Crippen LogP contribution is -2.38. The number of esters is 1. The van der Waals surface area contributed by atoms with Gasteiger partial charge >= 0.3 is 12.1 Å². The summed E-state index contributed by atoms with van der Waals surface area (Å²) in [7, 11) is 1.49. The van der Waals surface area contributed by atoms with Crippen molar-refractivity contribution in [2.24, 2.45) is 0 Å². The van der Waals surface area contributed by atoms with Crippen molar-refractivity contribution >= 4 is 23.7 Å². The maximum atomic E-state index is 12.3. The summed E-state index contributed by atoms with van der Waals surface area (Å²) >= 11 is 0. The molecule has 0 unspecified atom stereocenters. The number of carbonyl (C=O) groups excluding carboxylic acids is 3. The van der Waals surface area contributed by atoms with Gasteiger partial charge in [-0.05, 0) is 52.0 Å². The number of likely N-dealkylation sites (N-methyl/N-ethyl adjacent to an activating group) is 1. The van der Waals surface area contributed by atoms with E-state index in [1.807, 2.05) is 0 Å². The Balaban J connectivity index is 2.02. The summed E-state index contributed by atoms with van der Waals surface area (Å²) in [6, 6.07) is 8.50. The third-order valence-corrected chi connectivity index (χ3v) is 3.55. The van der Waals surface area contributed by atoms with E-state index in [2.05, 4.69) is 10.4 Å². The minimum Gasteiger partial charge on any atom is -0.461 e. The molecule has 0 fully saturated rings. The van der Waals surface area contributed by atoms with Gasteiger partial charge in [0.1, 0.15) is 12.1 Å². The Morgan fingerprint density at radius 1 is 1.21 bits per heavy atom. The maximum Gasteiger partial charge on any atom is 0.410 e. The van der Waals surface area contributed by atoms with E-state index in [-0.39, 0.29) is 24.8 Å². The normalized spacial score (nSPS) is 10.9. The molecule has 2 aromatic rings. The lowest BCUT2D eigenvalue weighted by molar-refractivity contribution is -0.117. The number of nitrogens with one attached hydrogen (secondary N) is 1. The van der Waals surface area contributed by atoms with Crippen molar-refractivity contribution < 1.29 is 23.9 Å². The summed E-state index contributed by atoms with van der Waals surface area (Å²) in [5.41, 5.74) is 0.736. The molecule has 0 aliphatic rings. The molecule has 2 rings (SSSR count). The molecule has 2 amide bonds. The number of aromatic nitrogens is 2. The first-order valence-electron chi connectivity index (χ1n) is 9.16. The number of benzene rings is 1. The van der Waals surface area contributed by atoms with E-state index in [0.717, 1.165) is 0 Å². The maximum absolute atomic E-state index is 12.3. The molecular weight excluding hydrogens is 376 g/mol. The Morgan fingerprint density at radius 2 is 1.93 bits per heavy atom. The van der Waals surface area contributed by atoms with Crippen molar-refractivity contribution in [1.82, 2.24) is 14.7 Å². The lowest BCUT2D eigenvalue weighted by atomic mass is 10.2. The fraction of sp³-hybridized carbons (Fsp3) is 0.400. The van der Waals surface area contributed by atoms with Gasteiger partial charge in [0.05, 0.1) is 12.3 Å². The van der Waals surface area contributed by atoms with Gasteiger partial charge in [-0.15, -0.1) is 0 Å². The zero-order valence-electron chi connectivity index (χ0n) is 17.3. The van der Waals surface area contributed by atoms with Crippen LogP contribution in [0.25, 0.3) is 5.69 Å². The van der Waals surface area contributed by atoms with Gasteiger partial charge in [0.25, 0.3) is 0 Å². The number of amides is 2. The van der Waals surface area contributed by atoms with Gasteiger partial charge in [-0.3, -0.25) is 4.79 Å². The minimum atomic E-state index is -0.637. The highest BCUT2D eigenvalue weighted by Gasteiger charge is 2.21. The van der Waals surface area contributed by atoms with Crippen molar-refractivity contribution in [1.29, 1.82) is 0 Å². The van der Waals surface area contributed by atoms with Gasteiger partial charge in [-0.25, -0.2) is 14.3 Å². The summed E-state index contributed by atoms with van der Waals surface area (Å²) in [5, 5.41) is 6.91. The average molecular weight is 402 g/mol. The molecule has 0 aliphatic heterocycles. The standard InChI is InChI=1S/C20H26N4O5/c1-6-28-18(26)16-10-11-24(22-16)15-9-7-8-14(12-15)21-17(25)13-23(5)19(27)29-20(2,3)4/h7-12H,6,13H2,1-5H3,(H,21,25). The summed E-state index contributed by atoms with van der Waals surface area (Å²) in [4.78, 5) is 37.2. The molecular formula is C20H26N4O5. The van der Waals surface area contributed by atoms with Crippen LogP contribution in [0.2, 0.25) is 0 Å². The predicted octanol–water partition coefficient (Wildman–Crippen LogP) is 2.85. The largest absolute Gasteiger partial charge is 0.461 e. The Labute approximate surface area is 169 Å². The lowest BCUT2D eigenvalue weighted by Gasteiger charge is -2.24. The Bertz CT molecular complexity index is 885. The van der Waals surface area contributed by atoms with E-state index in [1.165, 1.54) is 16.6 Å². The zero-order valence-corrected chi connectivity index (χ0v) is 17.3. The molecule has 0 aliphatic carbocycles. The smallest absolute Gasteiger partial charge is 0.410 e. The molecule has 156 valence electrons. The van der Waals surface area contributed by atoms with Crippen molar-refractivity contribution in [2.45, 2.75) is 33.3 Å². The van der Waals surface area contributed by atoms with Crippen molar-refractivity contribution in [2.75, 3.05) is 25.5 Å². The van der Waals surface area contributed by atoms with Crippen LogP contribution in [0.15, 0.2) is 36.5 Å². The predicted molar refractivity (Wildman–Crippen MR) is 107 cm³/mol. The fourth-order valence-corrected chi connectivity index (χ4v) is 2.33. The first-order chi connectivity index (χ1) is 13.6. The van der Waals surface area contributed by atoms with Gasteiger partial charge in [0.15, 0.2) is 5.69 Å². The van der Waals surface area contributed by atoms with Crippen LogP contribution in [0, 0.1) is 0 Å².